The monoisotopic (exact) mass is 278 g/mol. The van der Waals surface area contributed by atoms with E-state index in [-0.39, 0.29) is 31.0 Å². The minimum Gasteiger partial charge on any atom is -0.396 e. The lowest BCUT2D eigenvalue weighted by Gasteiger charge is -2.30. The first-order valence-electron chi connectivity index (χ1n) is 6.78. The zero-order valence-corrected chi connectivity index (χ0v) is 12.9. The number of methoxy groups -OCH3 is 1. The molecule has 1 unspecified atom stereocenters. The molecule has 0 amide bonds. The fourth-order valence-electron chi connectivity index (χ4n) is 1.55. The van der Waals surface area contributed by atoms with Crippen LogP contribution in [0.4, 0.5) is 0 Å². The van der Waals surface area contributed by atoms with Gasteiger partial charge in [-0.2, -0.15) is 0 Å². The van der Waals surface area contributed by atoms with Gasteiger partial charge < -0.3 is 24.4 Å². The van der Waals surface area contributed by atoms with Gasteiger partial charge in [0, 0.05) is 13.7 Å². The minimum atomic E-state index is -0.601. The Morgan fingerprint density at radius 2 is 1.53 bits per heavy atom. The molecule has 2 N–H and O–H groups in total. The molecule has 0 saturated heterocycles. The van der Waals surface area contributed by atoms with Gasteiger partial charge in [0.25, 0.3) is 0 Å². The normalized spacial score (nSPS) is 14.7. The van der Waals surface area contributed by atoms with Crippen LogP contribution in [0.2, 0.25) is 0 Å². The second kappa shape index (κ2) is 8.87. The molecule has 5 nitrogen and oxygen atoms in total. The summed E-state index contributed by atoms with van der Waals surface area (Å²) in [5.74, 6) is 0. The second-order valence-electron chi connectivity index (χ2n) is 6.01. The highest BCUT2D eigenvalue weighted by Gasteiger charge is 2.23. The Hall–Kier alpha value is -0.200. The smallest absolute Gasteiger partial charge is 0.101 e. The molecule has 0 aliphatic heterocycles. The van der Waals surface area contributed by atoms with Crippen LogP contribution in [0.1, 0.15) is 40.5 Å². The van der Waals surface area contributed by atoms with Gasteiger partial charge in [0.1, 0.15) is 6.10 Å². The van der Waals surface area contributed by atoms with Crippen LogP contribution in [0.25, 0.3) is 0 Å². The molecule has 0 fully saturated rings. The number of aliphatic hydroxyl groups is 2. The van der Waals surface area contributed by atoms with Crippen LogP contribution in [-0.4, -0.2) is 61.1 Å². The Bertz CT molecular complexity index is 228. The van der Waals surface area contributed by atoms with Gasteiger partial charge in [-0.1, -0.05) is 0 Å². The van der Waals surface area contributed by atoms with Crippen LogP contribution >= 0.6 is 0 Å². The maximum Gasteiger partial charge on any atom is 0.101 e. The van der Waals surface area contributed by atoms with Crippen molar-refractivity contribution in [2.45, 2.75) is 57.8 Å². The molecular weight excluding hydrogens is 248 g/mol. The van der Waals surface area contributed by atoms with Crippen molar-refractivity contribution in [3.05, 3.63) is 0 Å². The van der Waals surface area contributed by atoms with Crippen LogP contribution < -0.4 is 0 Å². The topological polar surface area (TPSA) is 68.2 Å². The second-order valence-corrected chi connectivity index (χ2v) is 6.01. The Morgan fingerprint density at radius 1 is 0.947 bits per heavy atom. The van der Waals surface area contributed by atoms with Crippen molar-refractivity contribution >= 4 is 0 Å². The fourth-order valence-corrected chi connectivity index (χ4v) is 1.55. The molecule has 0 bridgehead atoms. The minimum absolute atomic E-state index is 0.121. The standard InChI is InChI=1S/C14H30O5/c1-13(2,6-8-15)18-9-7-14(3,4)19-11-12(16)10-17-5/h12,15-16H,6-11H2,1-5H3. The largest absolute Gasteiger partial charge is 0.396 e. The van der Waals surface area contributed by atoms with Crippen LogP contribution in [0.3, 0.4) is 0 Å². The number of hydrogen-bond acceptors (Lipinski definition) is 5. The lowest BCUT2D eigenvalue weighted by Crippen LogP contribution is -2.34. The summed E-state index contributed by atoms with van der Waals surface area (Å²) < 4.78 is 16.2. The summed E-state index contributed by atoms with van der Waals surface area (Å²) in [6.45, 7) is 9.05. The third-order valence-electron chi connectivity index (χ3n) is 2.94. The molecule has 0 aromatic carbocycles. The summed E-state index contributed by atoms with van der Waals surface area (Å²) in [7, 11) is 1.55. The summed E-state index contributed by atoms with van der Waals surface area (Å²) in [5.41, 5.74) is -0.676. The van der Waals surface area contributed by atoms with Crippen molar-refractivity contribution in [2.24, 2.45) is 0 Å². The number of aliphatic hydroxyl groups excluding tert-OH is 2. The highest BCUT2D eigenvalue weighted by Crippen LogP contribution is 2.19. The summed E-state index contributed by atoms with van der Waals surface area (Å²) in [6.07, 6.45) is 0.735. The molecule has 0 heterocycles. The molecule has 0 aliphatic rings. The highest BCUT2D eigenvalue weighted by atomic mass is 16.5. The molecular formula is C14H30O5. The van der Waals surface area contributed by atoms with E-state index in [4.69, 9.17) is 19.3 Å². The van der Waals surface area contributed by atoms with Crippen LogP contribution in [-0.2, 0) is 14.2 Å². The van der Waals surface area contributed by atoms with E-state index in [1.165, 1.54) is 0 Å². The highest BCUT2D eigenvalue weighted by molar-refractivity contribution is 4.72. The van der Waals surface area contributed by atoms with Crippen LogP contribution in [0.15, 0.2) is 0 Å². The summed E-state index contributed by atoms with van der Waals surface area (Å²) in [4.78, 5) is 0. The zero-order valence-electron chi connectivity index (χ0n) is 12.9. The maximum atomic E-state index is 9.53. The van der Waals surface area contributed by atoms with E-state index in [0.29, 0.717) is 13.0 Å². The Balaban J connectivity index is 3.90. The quantitative estimate of drug-likeness (QED) is 0.597. The van der Waals surface area contributed by atoms with Gasteiger partial charge in [-0.05, 0) is 40.5 Å². The zero-order chi connectivity index (χ0) is 14.9. The predicted molar refractivity (Wildman–Crippen MR) is 74.3 cm³/mol. The number of rotatable bonds is 11. The van der Waals surface area contributed by atoms with Crippen molar-refractivity contribution in [1.82, 2.24) is 0 Å². The van der Waals surface area contributed by atoms with Crippen molar-refractivity contribution in [2.75, 3.05) is 33.5 Å². The Kier molecular flexibility index (Phi) is 8.78. The van der Waals surface area contributed by atoms with Crippen LogP contribution in [0, 0.1) is 0 Å². The molecule has 0 radical (unpaired) electrons. The molecule has 5 heteroatoms. The lowest BCUT2D eigenvalue weighted by atomic mass is 10.0. The number of ether oxygens (including phenoxy) is 3. The third-order valence-corrected chi connectivity index (χ3v) is 2.94. The summed E-state index contributed by atoms with van der Waals surface area (Å²) in [6, 6.07) is 0. The molecule has 0 aromatic rings. The molecule has 0 aliphatic carbocycles. The maximum absolute atomic E-state index is 9.53. The van der Waals surface area contributed by atoms with Crippen molar-refractivity contribution < 1.29 is 24.4 Å². The third kappa shape index (κ3) is 10.3. The number of hydrogen-bond donors (Lipinski definition) is 2. The first-order chi connectivity index (χ1) is 8.72. The molecule has 0 rings (SSSR count). The summed E-state index contributed by atoms with van der Waals surface area (Å²) in [5, 5.41) is 18.4. The van der Waals surface area contributed by atoms with Crippen molar-refractivity contribution in [3.8, 4) is 0 Å². The molecule has 0 aromatic heterocycles. The van der Waals surface area contributed by atoms with Gasteiger partial charge in [-0.15, -0.1) is 0 Å². The van der Waals surface area contributed by atoms with E-state index in [1.807, 2.05) is 27.7 Å². The summed E-state index contributed by atoms with van der Waals surface area (Å²) >= 11 is 0. The van der Waals surface area contributed by atoms with E-state index >= 15 is 0 Å². The van der Waals surface area contributed by atoms with Crippen molar-refractivity contribution in [3.63, 3.8) is 0 Å². The fraction of sp³-hybridized carbons (Fsp3) is 1.00. The van der Waals surface area contributed by atoms with E-state index in [0.717, 1.165) is 6.42 Å². The first kappa shape index (κ1) is 18.8. The Morgan fingerprint density at radius 3 is 2.05 bits per heavy atom. The van der Waals surface area contributed by atoms with Gasteiger partial charge in [-0.3, -0.25) is 0 Å². The molecule has 1 atom stereocenters. The van der Waals surface area contributed by atoms with Crippen molar-refractivity contribution in [1.29, 1.82) is 0 Å². The van der Waals surface area contributed by atoms with Gasteiger partial charge in [0.2, 0.25) is 0 Å². The van der Waals surface area contributed by atoms with Gasteiger partial charge in [0.05, 0.1) is 31.0 Å². The van der Waals surface area contributed by atoms with Gasteiger partial charge in [-0.25, -0.2) is 0 Å². The average Bonchev–Trinajstić information content (AvgIpc) is 2.26. The van der Waals surface area contributed by atoms with Gasteiger partial charge in [0.15, 0.2) is 0 Å². The predicted octanol–water partition coefficient (Wildman–Crippen LogP) is 1.36. The van der Waals surface area contributed by atoms with E-state index in [2.05, 4.69) is 0 Å². The Labute approximate surface area is 116 Å². The first-order valence-corrected chi connectivity index (χ1v) is 6.78. The lowest BCUT2D eigenvalue weighted by molar-refractivity contribution is -0.101. The van der Waals surface area contributed by atoms with E-state index in [1.54, 1.807) is 7.11 Å². The van der Waals surface area contributed by atoms with Crippen LogP contribution in [0.5, 0.6) is 0 Å². The van der Waals surface area contributed by atoms with E-state index in [9.17, 15) is 5.11 Å². The van der Waals surface area contributed by atoms with E-state index < -0.39 is 6.10 Å². The molecule has 0 saturated carbocycles. The molecule has 19 heavy (non-hydrogen) atoms. The van der Waals surface area contributed by atoms with Gasteiger partial charge >= 0.3 is 0 Å². The molecule has 116 valence electrons. The molecule has 0 spiro atoms. The average molecular weight is 278 g/mol. The SMILES string of the molecule is COCC(O)COC(C)(C)CCOC(C)(C)CCO.